The summed E-state index contributed by atoms with van der Waals surface area (Å²) in [7, 11) is -3.75. The van der Waals surface area contributed by atoms with Crippen LogP contribution in [-0.2, 0) is 16.6 Å². The molecule has 0 bridgehead atoms. The minimum atomic E-state index is -3.75. The summed E-state index contributed by atoms with van der Waals surface area (Å²) in [5, 5.41) is 3.76. The number of carbonyl (C=O) groups is 1. The Hall–Kier alpha value is -2.54. The van der Waals surface area contributed by atoms with Crippen LogP contribution in [0.5, 0.6) is 0 Å². The number of hydrogen-bond acceptors (Lipinski definition) is 3. The summed E-state index contributed by atoms with van der Waals surface area (Å²) in [6.07, 6.45) is 0. The van der Waals surface area contributed by atoms with E-state index in [1.54, 1.807) is 61.5 Å². The number of sulfonamides is 1. The van der Waals surface area contributed by atoms with Crippen molar-refractivity contribution >= 4 is 44.8 Å². The van der Waals surface area contributed by atoms with Crippen molar-refractivity contribution in [3.05, 3.63) is 93.5 Å². The maximum atomic E-state index is 12.6. The zero-order valence-corrected chi connectivity index (χ0v) is 17.8. The van der Waals surface area contributed by atoms with Crippen molar-refractivity contribution in [3.63, 3.8) is 0 Å². The van der Waals surface area contributed by atoms with Crippen LogP contribution in [0.4, 0.5) is 5.69 Å². The minimum absolute atomic E-state index is 0.145. The standard InChI is InChI=1S/C21H18Cl2N2O3S/c1-14-18(21(26)24-13-15-10-11-16(22)12-19(15)23)8-5-9-20(14)25-29(27,28)17-6-3-2-4-7-17/h2-12,25H,13H2,1H3,(H,24,26). The molecule has 150 valence electrons. The van der Waals surface area contributed by atoms with Crippen LogP contribution in [0.25, 0.3) is 0 Å². The maximum absolute atomic E-state index is 12.6. The first-order chi connectivity index (χ1) is 13.8. The predicted octanol–water partition coefficient (Wildman–Crippen LogP) is 5.03. The predicted molar refractivity (Wildman–Crippen MR) is 116 cm³/mol. The van der Waals surface area contributed by atoms with Gasteiger partial charge in [-0.3, -0.25) is 9.52 Å². The number of halogens is 2. The highest BCUT2D eigenvalue weighted by Gasteiger charge is 2.18. The lowest BCUT2D eigenvalue weighted by Gasteiger charge is -2.14. The first-order valence-corrected chi connectivity index (χ1v) is 10.9. The molecule has 0 aliphatic carbocycles. The number of nitrogens with one attached hydrogen (secondary N) is 2. The smallest absolute Gasteiger partial charge is 0.261 e. The molecule has 2 N–H and O–H groups in total. The fraction of sp³-hybridized carbons (Fsp3) is 0.0952. The second-order valence-electron chi connectivity index (χ2n) is 6.32. The fourth-order valence-electron chi connectivity index (χ4n) is 2.73. The van der Waals surface area contributed by atoms with Gasteiger partial charge in [0.1, 0.15) is 0 Å². The topological polar surface area (TPSA) is 75.3 Å². The Balaban J connectivity index is 1.78. The molecule has 3 aromatic rings. The van der Waals surface area contributed by atoms with Gasteiger partial charge in [-0.05, 0) is 54.4 Å². The van der Waals surface area contributed by atoms with E-state index in [4.69, 9.17) is 23.2 Å². The SMILES string of the molecule is Cc1c(NS(=O)(=O)c2ccccc2)cccc1C(=O)NCc1ccc(Cl)cc1Cl. The van der Waals surface area contributed by atoms with Gasteiger partial charge >= 0.3 is 0 Å². The third-order valence-corrected chi connectivity index (χ3v) is 6.30. The summed E-state index contributed by atoms with van der Waals surface area (Å²) < 4.78 is 27.7. The van der Waals surface area contributed by atoms with Crippen LogP contribution >= 0.6 is 23.2 Å². The van der Waals surface area contributed by atoms with Crippen LogP contribution in [0, 0.1) is 6.92 Å². The van der Waals surface area contributed by atoms with Crippen LogP contribution in [0.3, 0.4) is 0 Å². The Bertz CT molecular complexity index is 1150. The summed E-state index contributed by atoms with van der Waals surface area (Å²) in [5.41, 5.74) is 1.95. The third kappa shape index (κ3) is 5.09. The molecule has 0 spiro atoms. The molecule has 0 heterocycles. The average molecular weight is 449 g/mol. The van der Waals surface area contributed by atoms with Crippen molar-refractivity contribution in [2.75, 3.05) is 4.72 Å². The molecule has 0 aliphatic heterocycles. The number of benzene rings is 3. The average Bonchev–Trinajstić information content (AvgIpc) is 2.69. The molecule has 8 heteroatoms. The van der Waals surface area contributed by atoms with Crippen molar-refractivity contribution < 1.29 is 13.2 Å². The van der Waals surface area contributed by atoms with Crippen molar-refractivity contribution in [3.8, 4) is 0 Å². The zero-order chi connectivity index (χ0) is 21.0. The molecular formula is C21H18Cl2N2O3S. The van der Waals surface area contributed by atoms with Crippen LogP contribution in [0.2, 0.25) is 10.0 Å². The van der Waals surface area contributed by atoms with Crippen molar-refractivity contribution in [1.82, 2.24) is 5.32 Å². The fourth-order valence-corrected chi connectivity index (χ4v) is 4.35. The molecule has 0 unspecified atom stereocenters. The van der Waals surface area contributed by atoms with Crippen LogP contribution in [-0.4, -0.2) is 14.3 Å². The van der Waals surface area contributed by atoms with Gasteiger partial charge in [0.25, 0.3) is 15.9 Å². The number of anilines is 1. The number of hydrogen-bond donors (Lipinski definition) is 2. The van der Waals surface area contributed by atoms with E-state index in [1.165, 1.54) is 12.1 Å². The second-order valence-corrected chi connectivity index (χ2v) is 8.84. The monoisotopic (exact) mass is 448 g/mol. The largest absolute Gasteiger partial charge is 0.348 e. The highest BCUT2D eigenvalue weighted by molar-refractivity contribution is 7.92. The highest BCUT2D eigenvalue weighted by atomic mass is 35.5. The Labute approximate surface area is 179 Å². The quantitative estimate of drug-likeness (QED) is 0.554. The molecule has 1 amide bonds. The maximum Gasteiger partial charge on any atom is 0.261 e. The second kappa shape index (κ2) is 8.86. The lowest BCUT2D eigenvalue weighted by atomic mass is 10.1. The first kappa shape index (κ1) is 21.2. The molecule has 0 saturated carbocycles. The molecule has 5 nitrogen and oxygen atoms in total. The number of amides is 1. The van der Waals surface area contributed by atoms with Gasteiger partial charge in [-0.2, -0.15) is 0 Å². The van der Waals surface area contributed by atoms with E-state index < -0.39 is 10.0 Å². The van der Waals surface area contributed by atoms with Crippen LogP contribution < -0.4 is 10.0 Å². The summed E-state index contributed by atoms with van der Waals surface area (Å²) in [6.45, 7) is 1.90. The Morgan fingerprint density at radius 3 is 2.38 bits per heavy atom. The van der Waals surface area contributed by atoms with Gasteiger partial charge in [0.2, 0.25) is 0 Å². The molecule has 0 fully saturated rings. The zero-order valence-electron chi connectivity index (χ0n) is 15.4. The van der Waals surface area contributed by atoms with Gasteiger partial charge in [-0.15, -0.1) is 0 Å². The van der Waals surface area contributed by atoms with Gasteiger partial charge in [-0.25, -0.2) is 8.42 Å². The number of rotatable bonds is 6. The van der Waals surface area contributed by atoms with E-state index in [9.17, 15) is 13.2 Å². The van der Waals surface area contributed by atoms with E-state index in [1.807, 2.05) is 0 Å². The lowest BCUT2D eigenvalue weighted by Crippen LogP contribution is -2.24. The summed E-state index contributed by atoms with van der Waals surface area (Å²) in [6, 6.07) is 17.9. The van der Waals surface area contributed by atoms with Gasteiger partial charge < -0.3 is 5.32 Å². The van der Waals surface area contributed by atoms with E-state index >= 15 is 0 Å². The van der Waals surface area contributed by atoms with E-state index in [-0.39, 0.29) is 17.3 Å². The molecule has 0 atom stereocenters. The molecular weight excluding hydrogens is 431 g/mol. The molecule has 3 rings (SSSR count). The van der Waals surface area contributed by atoms with E-state index in [0.29, 0.717) is 26.9 Å². The van der Waals surface area contributed by atoms with Crippen LogP contribution in [0.15, 0.2) is 71.6 Å². The Morgan fingerprint density at radius 1 is 0.966 bits per heavy atom. The number of carbonyl (C=O) groups excluding carboxylic acids is 1. The summed E-state index contributed by atoms with van der Waals surface area (Å²) >= 11 is 12.0. The lowest BCUT2D eigenvalue weighted by molar-refractivity contribution is 0.0950. The van der Waals surface area contributed by atoms with E-state index in [2.05, 4.69) is 10.0 Å². The molecule has 0 aromatic heterocycles. The minimum Gasteiger partial charge on any atom is -0.348 e. The molecule has 0 saturated heterocycles. The summed E-state index contributed by atoms with van der Waals surface area (Å²) in [5.74, 6) is -0.339. The Morgan fingerprint density at radius 2 is 1.69 bits per heavy atom. The van der Waals surface area contributed by atoms with Gasteiger partial charge in [-0.1, -0.05) is 53.5 Å². The van der Waals surface area contributed by atoms with Crippen molar-refractivity contribution in [1.29, 1.82) is 0 Å². The Kier molecular flexibility index (Phi) is 6.47. The van der Waals surface area contributed by atoms with Gasteiger partial charge in [0.15, 0.2) is 0 Å². The highest BCUT2D eigenvalue weighted by Crippen LogP contribution is 2.24. The third-order valence-electron chi connectivity index (χ3n) is 4.33. The van der Waals surface area contributed by atoms with Crippen LogP contribution in [0.1, 0.15) is 21.5 Å². The van der Waals surface area contributed by atoms with Crippen molar-refractivity contribution in [2.45, 2.75) is 18.4 Å². The molecule has 0 radical (unpaired) electrons. The van der Waals surface area contributed by atoms with Gasteiger partial charge in [0.05, 0.1) is 10.6 Å². The van der Waals surface area contributed by atoms with Gasteiger partial charge in [0, 0.05) is 22.2 Å². The normalized spacial score (nSPS) is 11.1. The molecule has 29 heavy (non-hydrogen) atoms. The van der Waals surface area contributed by atoms with Crippen molar-refractivity contribution in [2.24, 2.45) is 0 Å². The molecule has 0 aliphatic rings. The van der Waals surface area contributed by atoms with E-state index in [0.717, 1.165) is 5.56 Å². The molecule has 3 aromatic carbocycles. The summed E-state index contributed by atoms with van der Waals surface area (Å²) in [4.78, 5) is 12.8. The first-order valence-electron chi connectivity index (χ1n) is 8.67.